The first-order valence-corrected chi connectivity index (χ1v) is 9.29. The van der Waals surface area contributed by atoms with Crippen molar-refractivity contribution >= 4 is 29.5 Å². The van der Waals surface area contributed by atoms with Crippen molar-refractivity contribution in [3.05, 3.63) is 57.9 Å². The number of carbonyl (C=O) groups is 2. The quantitative estimate of drug-likeness (QED) is 0.587. The molecule has 0 unspecified atom stereocenters. The summed E-state index contributed by atoms with van der Waals surface area (Å²) in [5.41, 5.74) is 7.80. The van der Waals surface area contributed by atoms with Gasteiger partial charge in [-0.3, -0.25) is 25.1 Å². The summed E-state index contributed by atoms with van der Waals surface area (Å²) in [4.78, 5) is 24.0. The van der Waals surface area contributed by atoms with Crippen molar-refractivity contribution in [1.29, 1.82) is 0 Å². The molecule has 1 heterocycles. The fraction of sp³-hybridized carbons (Fsp3) is 0.350. The summed E-state index contributed by atoms with van der Waals surface area (Å²) < 4.78 is 1.72. The van der Waals surface area contributed by atoms with E-state index in [1.807, 2.05) is 26.0 Å². The van der Waals surface area contributed by atoms with Crippen LogP contribution in [-0.2, 0) is 17.8 Å². The number of hydrazine groups is 1. The van der Waals surface area contributed by atoms with E-state index in [2.05, 4.69) is 29.8 Å². The Morgan fingerprint density at radius 1 is 1.22 bits per heavy atom. The third kappa shape index (κ3) is 5.69. The van der Waals surface area contributed by atoms with Gasteiger partial charge in [0.2, 0.25) is 0 Å². The first-order valence-electron chi connectivity index (χ1n) is 8.92. The van der Waals surface area contributed by atoms with E-state index >= 15 is 0 Å². The molecule has 7 heteroatoms. The SMILES string of the molecule is CCc1ccc(C(=O)NNC(=O)/C=C/c2c(C)nn(CC(C)C)c2Cl)cc1. The summed E-state index contributed by atoms with van der Waals surface area (Å²) in [7, 11) is 0. The van der Waals surface area contributed by atoms with Gasteiger partial charge in [0.1, 0.15) is 5.15 Å². The van der Waals surface area contributed by atoms with E-state index in [1.54, 1.807) is 22.9 Å². The molecule has 0 saturated heterocycles. The molecule has 1 aromatic heterocycles. The Bertz CT molecular complexity index is 838. The van der Waals surface area contributed by atoms with E-state index in [9.17, 15) is 9.59 Å². The molecule has 0 aliphatic heterocycles. The number of rotatable bonds is 6. The summed E-state index contributed by atoms with van der Waals surface area (Å²) >= 11 is 6.34. The monoisotopic (exact) mass is 388 g/mol. The lowest BCUT2D eigenvalue weighted by Crippen LogP contribution is -2.40. The van der Waals surface area contributed by atoms with E-state index < -0.39 is 5.91 Å². The molecule has 0 aliphatic carbocycles. The minimum absolute atomic E-state index is 0.377. The smallest absolute Gasteiger partial charge is 0.268 e. The van der Waals surface area contributed by atoms with Gasteiger partial charge in [0.05, 0.1) is 5.69 Å². The van der Waals surface area contributed by atoms with Crippen LogP contribution in [0, 0.1) is 12.8 Å². The lowest BCUT2D eigenvalue weighted by Gasteiger charge is -2.06. The van der Waals surface area contributed by atoms with Crippen molar-refractivity contribution in [1.82, 2.24) is 20.6 Å². The molecule has 0 radical (unpaired) electrons. The Morgan fingerprint density at radius 3 is 2.48 bits per heavy atom. The third-order valence-electron chi connectivity index (χ3n) is 3.97. The maximum absolute atomic E-state index is 12.1. The Morgan fingerprint density at radius 2 is 1.89 bits per heavy atom. The molecule has 0 spiro atoms. The van der Waals surface area contributed by atoms with Gasteiger partial charge in [-0.05, 0) is 43.0 Å². The van der Waals surface area contributed by atoms with Crippen LogP contribution in [-0.4, -0.2) is 21.6 Å². The average molecular weight is 389 g/mol. The molecule has 2 N–H and O–H groups in total. The maximum atomic E-state index is 12.1. The van der Waals surface area contributed by atoms with Crippen molar-refractivity contribution in [2.75, 3.05) is 0 Å². The lowest BCUT2D eigenvalue weighted by atomic mass is 10.1. The Kier molecular flexibility index (Phi) is 7.19. The number of aromatic nitrogens is 2. The summed E-state index contributed by atoms with van der Waals surface area (Å²) in [6.07, 6.45) is 3.81. The topological polar surface area (TPSA) is 76.0 Å². The van der Waals surface area contributed by atoms with Gasteiger partial charge in [0, 0.05) is 23.7 Å². The number of carbonyl (C=O) groups excluding carboxylic acids is 2. The molecule has 2 amide bonds. The number of aryl methyl sites for hydroxylation is 2. The van der Waals surface area contributed by atoms with Gasteiger partial charge in [-0.1, -0.05) is 44.5 Å². The van der Waals surface area contributed by atoms with E-state index in [-0.39, 0.29) is 5.91 Å². The Hall–Kier alpha value is -2.60. The second-order valence-electron chi connectivity index (χ2n) is 6.69. The van der Waals surface area contributed by atoms with Crippen molar-refractivity contribution in [2.45, 2.75) is 40.7 Å². The van der Waals surface area contributed by atoms with Crippen LogP contribution in [0.1, 0.15) is 48.0 Å². The predicted molar refractivity (Wildman–Crippen MR) is 107 cm³/mol. The van der Waals surface area contributed by atoms with Crippen molar-refractivity contribution in [3.8, 4) is 0 Å². The number of nitrogens with one attached hydrogen (secondary N) is 2. The van der Waals surface area contributed by atoms with E-state index in [1.165, 1.54) is 6.08 Å². The van der Waals surface area contributed by atoms with Crippen LogP contribution in [0.15, 0.2) is 30.3 Å². The zero-order valence-corrected chi connectivity index (χ0v) is 16.8. The van der Waals surface area contributed by atoms with Crippen LogP contribution < -0.4 is 10.9 Å². The molecule has 2 rings (SSSR count). The van der Waals surface area contributed by atoms with Crippen LogP contribution >= 0.6 is 11.6 Å². The highest BCUT2D eigenvalue weighted by Crippen LogP contribution is 2.22. The molecule has 0 atom stereocenters. The van der Waals surface area contributed by atoms with Crippen LogP contribution in [0.3, 0.4) is 0 Å². The normalized spacial score (nSPS) is 11.2. The van der Waals surface area contributed by atoms with E-state index in [4.69, 9.17) is 11.6 Å². The fourth-order valence-electron chi connectivity index (χ4n) is 2.51. The van der Waals surface area contributed by atoms with E-state index in [0.717, 1.165) is 17.7 Å². The predicted octanol–water partition coefficient (Wildman–Crippen LogP) is 3.54. The van der Waals surface area contributed by atoms with Crippen LogP contribution in [0.5, 0.6) is 0 Å². The van der Waals surface area contributed by atoms with Gasteiger partial charge in [0.25, 0.3) is 11.8 Å². The number of hydrogen-bond donors (Lipinski definition) is 2. The molecular weight excluding hydrogens is 364 g/mol. The molecule has 6 nitrogen and oxygen atoms in total. The molecule has 0 aliphatic rings. The number of hydrogen-bond acceptors (Lipinski definition) is 3. The molecular formula is C20H25ClN4O2. The number of amides is 2. The van der Waals surface area contributed by atoms with Gasteiger partial charge in [-0.15, -0.1) is 0 Å². The van der Waals surface area contributed by atoms with Gasteiger partial charge < -0.3 is 0 Å². The minimum Gasteiger partial charge on any atom is -0.268 e. The number of benzene rings is 1. The first-order chi connectivity index (χ1) is 12.8. The molecule has 144 valence electrons. The van der Waals surface area contributed by atoms with Crippen LogP contribution in [0.25, 0.3) is 6.08 Å². The molecule has 0 fully saturated rings. The van der Waals surface area contributed by atoms with Crippen molar-refractivity contribution in [3.63, 3.8) is 0 Å². The average Bonchev–Trinajstić information content (AvgIpc) is 2.90. The molecule has 2 aromatic rings. The summed E-state index contributed by atoms with van der Waals surface area (Å²) in [6, 6.07) is 7.22. The third-order valence-corrected chi connectivity index (χ3v) is 4.37. The number of nitrogens with zero attached hydrogens (tertiary/aromatic N) is 2. The zero-order valence-electron chi connectivity index (χ0n) is 16.0. The van der Waals surface area contributed by atoms with Crippen molar-refractivity contribution in [2.24, 2.45) is 5.92 Å². The number of halogens is 1. The molecule has 0 bridgehead atoms. The highest BCUT2D eigenvalue weighted by atomic mass is 35.5. The van der Waals surface area contributed by atoms with Crippen LogP contribution in [0.2, 0.25) is 5.15 Å². The maximum Gasteiger partial charge on any atom is 0.269 e. The van der Waals surface area contributed by atoms with Gasteiger partial charge >= 0.3 is 0 Å². The fourth-order valence-corrected chi connectivity index (χ4v) is 2.81. The Balaban J connectivity index is 1.95. The largest absolute Gasteiger partial charge is 0.269 e. The molecule has 27 heavy (non-hydrogen) atoms. The second-order valence-corrected chi connectivity index (χ2v) is 7.05. The second kappa shape index (κ2) is 9.37. The highest BCUT2D eigenvalue weighted by Gasteiger charge is 2.12. The zero-order chi connectivity index (χ0) is 20.0. The lowest BCUT2D eigenvalue weighted by molar-refractivity contribution is -0.117. The molecule has 0 saturated carbocycles. The van der Waals surface area contributed by atoms with Gasteiger partial charge in [-0.25, -0.2) is 0 Å². The summed E-state index contributed by atoms with van der Waals surface area (Å²) in [5.74, 6) is -0.428. The van der Waals surface area contributed by atoms with E-state index in [0.29, 0.717) is 28.7 Å². The van der Waals surface area contributed by atoms with Crippen LogP contribution in [0.4, 0.5) is 0 Å². The molecule has 1 aromatic carbocycles. The minimum atomic E-state index is -0.458. The Labute approximate surface area is 164 Å². The van der Waals surface area contributed by atoms with Gasteiger partial charge in [0.15, 0.2) is 0 Å². The summed E-state index contributed by atoms with van der Waals surface area (Å²) in [6.45, 7) is 8.74. The first kappa shape index (κ1) is 20.7. The summed E-state index contributed by atoms with van der Waals surface area (Å²) in [5, 5.41) is 4.88. The van der Waals surface area contributed by atoms with Crippen molar-refractivity contribution < 1.29 is 9.59 Å². The standard InChI is InChI=1S/C20H25ClN4O2/c1-5-15-6-8-16(9-7-15)20(27)23-22-18(26)11-10-17-14(4)24-25(19(17)21)12-13(2)3/h6-11,13H,5,12H2,1-4H3,(H,22,26)(H,23,27)/b11-10+. The van der Waals surface area contributed by atoms with Gasteiger partial charge in [-0.2, -0.15) is 5.10 Å². The highest BCUT2D eigenvalue weighted by molar-refractivity contribution is 6.31.